The Morgan fingerprint density at radius 1 is 1.37 bits per heavy atom. The van der Waals surface area contributed by atoms with Crippen molar-refractivity contribution in [2.45, 2.75) is 18.9 Å². The highest BCUT2D eigenvalue weighted by atomic mass is 79.9. The predicted molar refractivity (Wildman–Crippen MR) is 83.2 cm³/mol. The van der Waals surface area contributed by atoms with Crippen molar-refractivity contribution in [3.8, 4) is 5.75 Å². The molecule has 4 heteroatoms. The molecule has 1 unspecified atom stereocenters. The minimum Gasteiger partial charge on any atom is -0.493 e. The van der Waals surface area contributed by atoms with Crippen LogP contribution in [-0.2, 0) is 6.42 Å². The molecule has 1 aromatic carbocycles. The van der Waals surface area contributed by atoms with Gasteiger partial charge in [-0.15, -0.1) is 11.3 Å². The molecule has 2 heterocycles. The smallest absolute Gasteiger partial charge is 0.122 e. The Bertz CT molecular complexity index is 581. The number of thiophene rings is 1. The van der Waals surface area contributed by atoms with Crippen molar-refractivity contribution < 1.29 is 4.74 Å². The maximum Gasteiger partial charge on any atom is 0.122 e. The number of benzene rings is 1. The fourth-order valence-electron chi connectivity index (χ4n) is 2.52. The van der Waals surface area contributed by atoms with Gasteiger partial charge in [-0.3, -0.25) is 0 Å². The van der Waals surface area contributed by atoms with Gasteiger partial charge in [0.25, 0.3) is 0 Å². The lowest BCUT2D eigenvalue weighted by molar-refractivity contribution is 0.288. The van der Waals surface area contributed by atoms with Crippen LogP contribution < -0.4 is 10.1 Å². The Kier molecular flexibility index (Phi) is 3.91. The van der Waals surface area contributed by atoms with Crippen molar-refractivity contribution in [3.63, 3.8) is 0 Å². The molecule has 3 rings (SSSR count). The summed E-state index contributed by atoms with van der Waals surface area (Å²) in [5.74, 6) is 1.05. The summed E-state index contributed by atoms with van der Waals surface area (Å²) in [6, 6.07) is 8.89. The largest absolute Gasteiger partial charge is 0.493 e. The molecule has 19 heavy (non-hydrogen) atoms. The first-order valence-electron chi connectivity index (χ1n) is 6.45. The summed E-state index contributed by atoms with van der Waals surface area (Å²) >= 11 is 5.40. The molecule has 1 atom stereocenters. The molecule has 100 valence electrons. The van der Waals surface area contributed by atoms with Gasteiger partial charge in [0.2, 0.25) is 0 Å². The summed E-state index contributed by atoms with van der Waals surface area (Å²) in [7, 11) is 2.01. The number of rotatable bonds is 3. The number of ether oxygens (including phenoxy) is 1. The van der Waals surface area contributed by atoms with Crippen LogP contribution in [0.2, 0.25) is 0 Å². The van der Waals surface area contributed by atoms with Gasteiger partial charge in [-0.1, -0.05) is 12.1 Å². The second-order valence-corrected chi connectivity index (χ2v) is 6.48. The zero-order chi connectivity index (χ0) is 13.2. The quantitative estimate of drug-likeness (QED) is 0.908. The maximum absolute atomic E-state index is 5.68. The van der Waals surface area contributed by atoms with Gasteiger partial charge >= 0.3 is 0 Å². The lowest BCUT2D eigenvalue weighted by atomic mass is 9.98. The van der Waals surface area contributed by atoms with E-state index in [1.165, 1.54) is 20.5 Å². The Morgan fingerprint density at radius 3 is 3.00 bits per heavy atom. The van der Waals surface area contributed by atoms with Crippen LogP contribution in [0.3, 0.4) is 0 Å². The molecule has 1 N–H and O–H groups in total. The van der Waals surface area contributed by atoms with Crippen molar-refractivity contribution in [1.29, 1.82) is 0 Å². The van der Waals surface area contributed by atoms with E-state index in [0.29, 0.717) is 0 Å². The van der Waals surface area contributed by atoms with Gasteiger partial charge in [-0.25, -0.2) is 0 Å². The van der Waals surface area contributed by atoms with Crippen LogP contribution in [0.1, 0.15) is 28.5 Å². The van der Waals surface area contributed by atoms with Gasteiger partial charge in [0.05, 0.1) is 12.6 Å². The minimum atomic E-state index is 0.238. The van der Waals surface area contributed by atoms with Gasteiger partial charge in [0.15, 0.2) is 0 Å². The summed E-state index contributed by atoms with van der Waals surface area (Å²) in [4.78, 5) is 1.32. The summed E-state index contributed by atoms with van der Waals surface area (Å²) in [5.41, 5.74) is 2.63. The summed E-state index contributed by atoms with van der Waals surface area (Å²) < 4.78 is 6.85. The highest BCUT2D eigenvalue weighted by Gasteiger charge is 2.19. The molecule has 0 aliphatic carbocycles. The Labute approximate surface area is 125 Å². The van der Waals surface area contributed by atoms with Crippen LogP contribution in [0.5, 0.6) is 5.75 Å². The second-order valence-electron chi connectivity index (χ2n) is 4.67. The fourth-order valence-corrected chi connectivity index (χ4v) is 4.26. The van der Waals surface area contributed by atoms with Gasteiger partial charge < -0.3 is 10.1 Å². The molecule has 1 aliphatic rings. The highest BCUT2D eigenvalue weighted by Crippen LogP contribution is 2.35. The highest BCUT2D eigenvalue weighted by molar-refractivity contribution is 9.10. The molecule has 2 nitrogen and oxygen atoms in total. The van der Waals surface area contributed by atoms with Crippen molar-refractivity contribution in [2.75, 3.05) is 13.7 Å². The van der Waals surface area contributed by atoms with Crippen LogP contribution in [0.15, 0.2) is 34.1 Å². The predicted octanol–water partition coefficient (Wildman–Crippen LogP) is 4.14. The molecule has 0 fully saturated rings. The average Bonchev–Trinajstić information content (AvgIpc) is 2.86. The van der Waals surface area contributed by atoms with Crippen molar-refractivity contribution in [2.24, 2.45) is 0 Å². The maximum atomic E-state index is 5.68. The molecule has 0 saturated carbocycles. The molecule has 1 aromatic heterocycles. The minimum absolute atomic E-state index is 0.238. The van der Waals surface area contributed by atoms with Crippen molar-refractivity contribution >= 4 is 27.3 Å². The molecular weight excluding hydrogens is 322 g/mol. The topological polar surface area (TPSA) is 21.3 Å². The number of nitrogens with one attached hydrogen (secondary N) is 1. The third-order valence-corrected chi connectivity index (χ3v) is 5.40. The zero-order valence-corrected chi connectivity index (χ0v) is 13.2. The summed E-state index contributed by atoms with van der Waals surface area (Å²) in [6.07, 6.45) is 2.23. The number of halogens is 1. The zero-order valence-electron chi connectivity index (χ0n) is 10.8. The monoisotopic (exact) mass is 337 g/mol. The average molecular weight is 338 g/mol. The van der Waals surface area contributed by atoms with E-state index in [9.17, 15) is 0 Å². The van der Waals surface area contributed by atoms with E-state index in [0.717, 1.165) is 25.2 Å². The molecule has 0 radical (unpaired) electrons. The van der Waals surface area contributed by atoms with Gasteiger partial charge in [0.1, 0.15) is 5.75 Å². The van der Waals surface area contributed by atoms with Gasteiger partial charge in [0, 0.05) is 9.35 Å². The number of fused-ring (bicyclic) bond motifs is 1. The van der Waals surface area contributed by atoms with Crippen molar-refractivity contribution in [3.05, 3.63) is 50.1 Å². The van der Waals surface area contributed by atoms with E-state index in [1.807, 2.05) is 7.05 Å². The van der Waals surface area contributed by atoms with Crippen LogP contribution >= 0.6 is 27.3 Å². The first-order chi connectivity index (χ1) is 9.29. The molecule has 2 aromatic rings. The number of hydrogen-bond acceptors (Lipinski definition) is 3. The Morgan fingerprint density at radius 2 is 2.26 bits per heavy atom. The van der Waals surface area contributed by atoms with E-state index < -0.39 is 0 Å². The lowest BCUT2D eigenvalue weighted by Crippen LogP contribution is -2.18. The Hall–Kier alpha value is -0.840. The van der Waals surface area contributed by atoms with E-state index in [1.54, 1.807) is 11.3 Å². The van der Waals surface area contributed by atoms with Crippen LogP contribution in [0, 0.1) is 0 Å². The summed E-state index contributed by atoms with van der Waals surface area (Å²) in [5, 5.41) is 5.52. The first-order valence-corrected chi connectivity index (χ1v) is 8.12. The van der Waals surface area contributed by atoms with Crippen LogP contribution in [0.4, 0.5) is 0 Å². The van der Waals surface area contributed by atoms with Gasteiger partial charge in [-0.2, -0.15) is 0 Å². The van der Waals surface area contributed by atoms with Crippen molar-refractivity contribution in [1.82, 2.24) is 5.32 Å². The third-order valence-electron chi connectivity index (χ3n) is 3.46. The third kappa shape index (κ3) is 2.57. The number of aryl methyl sites for hydroxylation is 1. The Balaban J connectivity index is 1.98. The van der Waals surface area contributed by atoms with E-state index in [2.05, 4.69) is 50.9 Å². The first kappa shape index (κ1) is 13.2. The molecule has 0 bridgehead atoms. The molecule has 1 aliphatic heterocycles. The molecule has 0 saturated heterocycles. The fraction of sp³-hybridized carbons (Fsp3) is 0.333. The van der Waals surface area contributed by atoms with E-state index >= 15 is 0 Å². The number of hydrogen-bond donors (Lipinski definition) is 1. The lowest BCUT2D eigenvalue weighted by Gasteiger charge is -2.21. The van der Waals surface area contributed by atoms with Crippen LogP contribution in [0.25, 0.3) is 0 Å². The standard InChI is InChI=1S/C15H16BrNOS/c1-17-14(15-12(16)6-8-19-15)11-4-5-13-10(9-11)3-2-7-18-13/h4-6,8-9,14,17H,2-3,7H2,1H3. The summed E-state index contributed by atoms with van der Waals surface area (Å²) in [6.45, 7) is 0.846. The second kappa shape index (κ2) is 5.65. The molecule has 0 spiro atoms. The van der Waals surface area contributed by atoms with E-state index in [-0.39, 0.29) is 6.04 Å². The van der Waals surface area contributed by atoms with Gasteiger partial charge in [-0.05, 0) is 64.5 Å². The molecule has 0 amide bonds. The SMILES string of the molecule is CNC(c1ccc2c(c1)CCCO2)c1sccc1Br. The molecular formula is C15H16BrNOS. The normalized spacial score (nSPS) is 15.7. The van der Waals surface area contributed by atoms with Crippen LogP contribution in [-0.4, -0.2) is 13.7 Å². The van der Waals surface area contributed by atoms with E-state index in [4.69, 9.17) is 4.74 Å².